The molecule has 13 heteroatoms. The van der Waals surface area contributed by atoms with E-state index in [1.165, 1.54) is 0 Å². The van der Waals surface area contributed by atoms with Crippen LogP contribution in [0.3, 0.4) is 0 Å². The van der Waals surface area contributed by atoms with Crippen molar-refractivity contribution < 1.29 is 35.7 Å². The molecule has 1 heterocycles. The molecule has 0 aliphatic rings. The Morgan fingerprint density at radius 3 is 2.24 bits per heavy atom. The summed E-state index contributed by atoms with van der Waals surface area (Å²) in [6.45, 7) is -0.0211. The number of hydrogen-bond acceptors (Lipinski definition) is 4. The normalized spacial score (nSPS) is 12.5. The highest BCUT2D eigenvalue weighted by Crippen LogP contribution is 2.33. The molecular weight excluding hydrogens is 365 g/mol. The molecule has 1 aromatic carbocycles. The lowest BCUT2D eigenvalue weighted by Crippen LogP contribution is -2.17. The van der Waals surface area contributed by atoms with E-state index in [1.54, 1.807) is 0 Å². The van der Waals surface area contributed by atoms with Crippen molar-refractivity contribution in [1.29, 1.82) is 0 Å². The van der Waals surface area contributed by atoms with Crippen LogP contribution in [0.5, 0.6) is 0 Å². The molecule has 0 amide bonds. The molecule has 0 saturated heterocycles. The van der Waals surface area contributed by atoms with E-state index in [0.29, 0.717) is 0 Å². The van der Waals surface area contributed by atoms with Gasteiger partial charge in [-0.3, -0.25) is 10.1 Å². The Hall–Kier alpha value is -2.73. The summed E-state index contributed by atoms with van der Waals surface area (Å²) >= 11 is 0. The van der Waals surface area contributed by atoms with Crippen molar-refractivity contribution in [2.45, 2.75) is 25.8 Å². The number of alkyl halides is 6. The monoisotopic (exact) mass is 372 g/mol. The van der Waals surface area contributed by atoms with Crippen LogP contribution < -0.4 is 0 Å². The number of nitrogens with zero attached hydrogens (tertiary/aromatic N) is 4. The van der Waals surface area contributed by atoms with Gasteiger partial charge < -0.3 is 0 Å². The molecule has 6 nitrogen and oxygen atoms in total. The Morgan fingerprint density at radius 1 is 1.16 bits per heavy atom. The van der Waals surface area contributed by atoms with Gasteiger partial charge in [-0.1, -0.05) is 0 Å². The van der Waals surface area contributed by atoms with E-state index < -0.39 is 58.1 Å². The predicted molar refractivity (Wildman–Crippen MR) is 66.9 cm³/mol. The summed E-state index contributed by atoms with van der Waals surface area (Å²) in [5.41, 5.74) is -1.59. The van der Waals surface area contributed by atoms with E-state index >= 15 is 0 Å². The summed E-state index contributed by atoms with van der Waals surface area (Å²) in [6, 6.07) is 1.64. The number of nitro groups is 1. The largest absolute Gasteiger partial charge is 0.453 e. The number of benzene rings is 1. The van der Waals surface area contributed by atoms with Crippen LogP contribution in [0.4, 0.5) is 36.4 Å². The van der Waals surface area contributed by atoms with Crippen molar-refractivity contribution in [2.24, 2.45) is 0 Å². The SMILES string of the molecule is Cc1c([N+](=O)[O-])ccc(Cn2nc(C(F)(F)F)nc2C(F)(F)F)c1F. The van der Waals surface area contributed by atoms with Crippen LogP contribution in [0.2, 0.25) is 0 Å². The summed E-state index contributed by atoms with van der Waals surface area (Å²) < 4.78 is 90.1. The number of halogens is 7. The molecule has 0 radical (unpaired) electrons. The fraction of sp³-hybridized carbons (Fsp3) is 0.333. The van der Waals surface area contributed by atoms with Crippen molar-refractivity contribution in [3.8, 4) is 0 Å². The molecule has 0 spiro atoms. The van der Waals surface area contributed by atoms with Gasteiger partial charge in [0.1, 0.15) is 5.82 Å². The van der Waals surface area contributed by atoms with E-state index in [2.05, 4.69) is 10.1 Å². The first-order valence-electron chi connectivity index (χ1n) is 6.34. The smallest absolute Gasteiger partial charge is 0.258 e. The summed E-state index contributed by atoms with van der Waals surface area (Å²) in [5.74, 6) is -5.21. The molecule has 0 bridgehead atoms. The highest BCUT2D eigenvalue weighted by atomic mass is 19.4. The molecule has 0 unspecified atom stereocenters. The highest BCUT2D eigenvalue weighted by molar-refractivity contribution is 5.43. The van der Waals surface area contributed by atoms with Gasteiger partial charge in [-0.2, -0.15) is 31.3 Å². The van der Waals surface area contributed by atoms with Crippen LogP contribution in [0.15, 0.2) is 12.1 Å². The van der Waals surface area contributed by atoms with Crippen LogP contribution in [0.1, 0.15) is 22.8 Å². The maximum absolute atomic E-state index is 14.1. The highest BCUT2D eigenvalue weighted by Gasteiger charge is 2.44. The third kappa shape index (κ3) is 3.69. The Bertz CT molecular complexity index is 826. The molecular formula is C12H7F7N4O2. The van der Waals surface area contributed by atoms with Crippen molar-refractivity contribution in [1.82, 2.24) is 14.8 Å². The van der Waals surface area contributed by atoms with Crippen molar-refractivity contribution >= 4 is 5.69 Å². The molecule has 2 rings (SSSR count). The van der Waals surface area contributed by atoms with Crippen LogP contribution >= 0.6 is 0 Å². The summed E-state index contributed by atoms with van der Waals surface area (Å²) in [4.78, 5) is 12.2. The Balaban J connectivity index is 2.52. The molecule has 2 aromatic rings. The van der Waals surface area contributed by atoms with Gasteiger partial charge in [-0.05, 0) is 13.0 Å². The van der Waals surface area contributed by atoms with Crippen LogP contribution in [-0.2, 0) is 18.9 Å². The van der Waals surface area contributed by atoms with Crippen molar-refractivity contribution in [3.05, 3.63) is 50.8 Å². The fourth-order valence-corrected chi connectivity index (χ4v) is 1.99. The number of aromatic nitrogens is 3. The average molecular weight is 372 g/mol. The van der Waals surface area contributed by atoms with Gasteiger partial charge in [0, 0.05) is 11.6 Å². The fourth-order valence-electron chi connectivity index (χ4n) is 1.99. The zero-order valence-electron chi connectivity index (χ0n) is 12.1. The quantitative estimate of drug-likeness (QED) is 0.468. The van der Waals surface area contributed by atoms with Gasteiger partial charge in [0.05, 0.1) is 17.0 Å². The lowest BCUT2D eigenvalue weighted by Gasteiger charge is -2.10. The third-order valence-corrected chi connectivity index (χ3v) is 3.13. The molecule has 0 fully saturated rings. The van der Waals surface area contributed by atoms with E-state index in [4.69, 9.17) is 0 Å². The number of rotatable bonds is 3. The minimum Gasteiger partial charge on any atom is -0.258 e. The summed E-state index contributed by atoms with van der Waals surface area (Å²) in [7, 11) is 0. The average Bonchev–Trinajstić information content (AvgIpc) is 2.87. The molecule has 1 aromatic heterocycles. The first-order valence-corrected chi connectivity index (χ1v) is 6.34. The lowest BCUT2D eigenvalue weighted by atomic mass is 10.1. The second-order valence-electron chi connectivity index (χ2n) is 4.85. The van der Waals surface area contributed by atoms with Crippen molar-refractivity contribution in [3.63, 3.8) is 0 Å². The minimum atomic E-state index is -5.26. The first kappa shape index (κ1) is 18.6. The number of hydrogen-bond donors (Lipinski definition) is 0. The second-order valence-corrected chi connectivity index (χ2v) is 4.85. The maximum Gasteiger partial charge on any atom is 0.453 e. The van der Waals surface area contributed by atoms with Gasteiger partial charge in [0.25, 0.3) is 11.5 Å². The van der Waals surface area contributed by atoms with Gasteiger partial charge in [0.2, 0.25) is 5.82 Å². The van der Waals surface area contributed by atoms with Crippen molar-refractivity contribution in [2.75, 3.05) is 0 Å². The summed E-state index contributed by atoms with van der Waals surface area (Å²) in [6.07, 6.45) is -10.5. The third-order valence-electron chi connectivity index (χ3n) is 3.13. The molecule has 136 valence electrons. The standard InChI is InChI=1S/C12H7F7N4O2/c1-5-7(23(24)25)3-2-6(8(5)13)4-22-10(12(17,18)19)20-9(21-22)11(14,15)16/h2-3H,4H2,1H3. The number of nitro benzene ring substituents is 1. The molecule has 0 atom stereocenters. The van der Waals surface area contributed by atoms with Gasteiger partial charge in [-0.25, -0.2) is 9.07 Å². The van der Waals surface area contributed by atoms with E-state index in [-0.39, 0.29) is 4.68 Å². The zero-order chi connectivity index (χ0) is 19.2. The van der Waals surface area contributed by atoms with E-state index in [0.717, 1.165) is 19.1 Å². The maximum atomic E-state index is 14.1. The molecule has 0 aliphatic carbocycles. The zero-order valence-corrected chi connectivity index (χ0v) is 12.1. The first-order chi connectivity index (χ1) is 11.3. The Kier molecular flexibility index (Phi) is 4.44. The Morgan fingerprint density at radius 2 is 1.76 bits per heavy atom. The topological polar surface area (TPSA) is 73.8 Å². The van der Waals surface area contributed by atoms with E-state index in [9.17, 15) is 40.8 Å². The van der Waals surface area contributed by atoms with Gasteiger partial charge in [0.15, 0.2) is 0 Å². The van der Waals surface area contributed by atoms with Crippen LogP contribution in [0, 0.1) is 22.9 Å². The second kappa shape index (κ2) is 5.97. The van der Waals surface area contributed by atoms with Gasteiger partial charge in [-0.15, -0.1) is 5.10 Å². The summed E-state index contributed by atoms with van der Waals surface area (Å²) in [5, 5.41) is 13.4. The molecule has 0 saturated carbocycles. The van der Waals surface area contributed by atoms with Crippen LogP contribution in [0.25, 0.3) is 0 Å². The minimum absolute atomic E-state index is 0.146. The molecule has 0 aliphatic heterocycles. The lowest BCUT2D eigenvalue weighted by molar-refractivity contribution is -0.385. The van der Waals surface area contributed by atoms with Crippen LogP contribution in [-0.4, -0.2) is 19.7 Å². The molecule has 25 heavy (non-hydrogen) atoms. The molecule has 0 N–H and O–H groups in total. The van der Waals surface area contributed by atoms with E-state index in [1.807, 2.05) is 0 Å². The Labute approximate surface area is 134 Å². The van der Waals surface area contributed by atoms with Gasteiger partial charge >= 0.3 is 12.4 Å². The predicted octanol–water partition coefficient (Wildman–Crippen LogP) is 3.72.